The van der Waals surface area contributed by atoms with Gasteiger partial charge in [-0.2, -0.15) is 0 Å². The summed E-state index contributed by atoms with van der Waals surface area (Å²) in [4.78, 5) is 23.8. The number of ether oxygens (including phenoxy) is 2. The summed E-state index contributed by atoms with van der Waals surface area (Å²) in [5, 5.41) is 0. The minimum Gasteiger partial charge on any atom is -0.465 e. The van der Waals surface area contributed by atoms with Gasteiger partial charge >= 0.3 is 11.9 Å². The average molecular weight is 357 g/mol. The summed E-state index contributed by atoms with van der Waals surface area (Å²) in [6, 6.07) is 0. The van der Waals surface area contributed by atoms with Crippen molar-refractivity contribution in [1.82, 2.24) is 0 Å². The van der Waals surface area contributed by atoms with E-state index < -0.39 is 0 Å². The van der Waals surface area contributed by atoms with Crippen LogP contribution in [0.4, 0.5) is 0 Å². The van der Waals surface area contributed by atoms with Crippen LogP contribution >= 0.6 is 0 Å². The predicted octanol–water partition coefficient (Wildman–Crippen LogP) is 5.82. The minimum atomic E-state index is -0.252. The molecule has 0 heterocycles. The summed E-state index contributed by atoms with van der Waals surface area (Å²) in [6.07, 6.45) is 11.2. The van der Waals surface area contributed by atoms with E-state index in [0.29, 0.717) is 26.1 Å². The molecule has 0 rings (SSSR count). The molecule has 0 N–H and O–H groups in total. The van der Waals surface area contributed by atoms with Crippen molar-refractivity contribution in [3.63, 3.8) is 0 Å². The molecule has 0 bridgehead atoms. The Kier molecular flexibility index (Phi) is 14.6. The van der Waals surface area contributed by atoms with Crippen LogP contribution in [0.5, 0.6) is 0 Å². The van der Waals surface area contributed by atoms with E-state index >= 15 is 0 Å². The van der Waals surface area contributed by atoms with Gasteiger partial charge in [0, 0.05) is 18.3 Å². The van der Waals surface area contributed by atoms with E-state index in [1.54, 1.807) is 0 Å². The van der Waals surface area contributed by atoms with Gasteiger partial charge in [-0.25, -0.2) is 0 Å². The van der Waals surface area contributed by atoms with Crippen LogP contribution in [0.25, 0.3) is 0 Å². The van der Waals surface area contributed by atoms with Gasteiger partial charge in [0.2, 0.25) is 0 Å². The van der Waals surface area contributed by atoms with Crippen LogP contribution in [-0.4, -0.2) is 25.2 Å². The smallest absolute Gasteiger partial charge is 0.305 e. The second-order valence-corrected chi connectivity index (χ2v) is 7.15. The van der Waals surface area contributed by atoms with Gasteiger partial charge in [0.25, 0.3) is 0 Å². The zero-order valence-electron chi connectivity index (χ0n) is 17.0. The number of hydrogen-bond donors (Lipinski definition) is 0. The second-order valence-electron chi connectivity index (χ2n) is 7.15. The number of rotatable bonds is 16. The molecule has 0 radical (unpaired) electrons. The lowest BCUT2D eigenvalue weighted by Crippen LogP contribution is -2.33. The zero-order chi connectivity index (χ0) is 19.0. The first-order valence-corrected chi connectivity index (χ1v) is 10.3. The third-order valence-electron chi connectivity index (χ3n) is 5.05. The van der Waals surface area contributed by atoms with Crippen molar-refractivity contribution in [1.29, 1.82) is 0 Å². The Morgan fingerprint density at radius 2 is 1.04 bits per heavy atom. The maximum absolute atomic E-state index is 11.9. The molecule has 0 aliphatic carbocycles. The molecule has 0 aromatic carbocycles. The summed E-state index contributed by atoms with van der Waals surface area (Å²) in [6.45, 7) is 9.12. The van der Waals surface area contributed by atoms with Gasteiger partial charge in [-0.3, -0.25) is 9.59 Å². The monoisotopic (exact) mass is 356 g/mol. The molecule has 0 saturated heterocycles. The number of esters is 2. The number of hydrogen-bond acceptors (Lipinski definition) is 4. The quantitative estimate of drug-likeness (QED) is 0.258. The molecule has 0 saturated carbocycles. The van der Waals surface area contributed by atoms with E-state index in [-0.39, 0.29) is 17.4 Å². The van der Waals surface area contributed by atoms with E-state index in [1.807, 2.05) is 0 Å². The predicted molar refractivity (Wildman–Crippen MR) is 102 cm³/mol. The highest BCUT2D eigenvalue weighted by molar-refractivity contribution is 5.69. The lowest BCUT2D eigenvalue weighted by atomic mass is 9.84. The third kappa shape index (κ3) is 12.0. The molecule has 0 unspecified atom stereocenters. The van der Waals surface area contributed by atoms with Crippen LogP contribution in [0, 0.1) is 5.41 Å². The largest absolute Gasteiger partial charge is 0.465 e. The van der Waals surface area contributed by atoms with Crippen molar-refractivity contribution in [2.24, 2.45) is 5.41 Å². The highest BCUT2D eigenvalue weighted by Crippen LogP contribution is 2.28. The Morgan fingerprint density at radius 3 is 1.36 bits per heavy atom. The number of unbranched alkanes of at least 4 members (excludes halogenated alkanes) is 6. The standard InChI is InChI=1S/C21H40O4/c1-5-9-11-13-15-19(22)24-17-21(7-3,8-4)18-25-20(23)16-14-12-10-6-2/h5-18H2,1-4H3. The molecule has 25 heavy (non-hydrogen) atoms. The minimum absolute atomic E-state index is 0.131. The maximum Gasteiger partial charge on any atom is 0.305 e. The van der Waals surface area contributed by atoms with Crippen LogP contribution in [0.15, 0.2) is 0 Å². The molecule has 4 nitrogen and oxygen atoms in total. The average Bonchev–Trinajstić information content (AvgIpc) is 2.63. The van der Waals surface area contributed by atoms with E-state index in [0.717, 1.165) is 64.2 Å². The van der Waals surface area contributed by atoms with E-state index in [9.17, 15) is 9.59 Å². The first kappa shape index (κ1) is 23.9. The molecule has 148 valence electrons. The molecule has 0 aromatic rings. The summed E-state index contributed by atoms with van der Waals surface area (Å²) >= 11 is 0. The van der Waals surface area contributed by atoms with E-state index in [2.05, 4.69) is 27.7 Å². The first-order chi connectivity index (χ1) is 12.0. The van der Waals surface area contributed by atoms with Gasteiger partial charge < -0.3 is 9.47 Å². The van der Waals surface area contributed by atoms with Crippen molar-refractivity contribution >= 4 is 11.9 Å². The van der Waals surface area contributed by atoms with Crippen molar-refractivity contribution in [3.8, 4) is 0 Å². The van der Waals surface area contributed by atoms with Gasteiger partial charge in [-0.15, -0.1) is 0 Å². The molecule has 0 amide bonds. The number of carbonyl (C=O) groups is 2. The van der Waals surface area contributed by atoms with Crippen LogP contribution in [0.3, 0.4) is 0 Å². The summed E-state index contributed by atoms with van der Waals surface area (Å²) in [7, 11) is 0. The normalized spacial score (nSPS) is 11.4. The zero-order valence-corrected chi connectivity index (χ0v) is 17.0. The Labute approximate surface area is 155 Å². The lowest BCUT2D eigenvalue weighted by molar-refractivity contribution is -0.154. The molecule has 0 aliphatic rings. The van der Waals surface area contributed by atoms with Crippen LogP contribution in [0.2, 0.25) is 0 Å². The summed E-state index contributed by atoms with van der Waals surface area (Å²) < 4.78 is 11.0. The van der Waals surface area contributed by atoms with Crippen molar-refractivity contribution < 1.29 is 19.1 Å². The van der Waals surface area contributed by atoms with Gasteiger partial charge in [-0.05, 0) is 25.7 Å². The van der Waals surface area contributed by atoms with Crippen LogP contribution in [0.1, 0.15) is 105 Å². The second kappa shape index (κ2) is 15.2. The van der Waals surface area contributed by atoms with Gasteiger partial charge in [0.05, 0.1) is 0 Å². The summed E-state index contributed by atoms with van der Waals surface area (Å²) in [5.41, 5.74) is -0.252. The fourth-order valence-corrected chi connectivity index (χ4v) is 2.70. The highest BCUT2D eigenvalue weighted by Gasteiger charge is 2.30. The topological polar surface area (TPSA) is 52.6 Å². The SMILES string of the molecule is CCCCCCC(=O)OCC(CC)(CC)COC(=O)CCCCCC. The molecule has 4 heteroatoms. The molecule has 0 aliphatic heterocycles. The highest BCUT2D eigenvalue weighted by atomic mass is 16.5. The Bertz CT molecular complexity index is 318. The van der Waals surface area contributed by atoms with Crippen LogP contribution in [-0.2, 0) is 19.1 Å². The summed E-state index contributed by atoms with van der Waals surface area (Å²) in [5.74, 6) is -0.262. The Balaban J connectivity index is 4.17. The molecule has 0 atom stereocenters. The van der Waals surface area contributed by atoms with Gasteiger partial charge in [0.1, 0.15) is 13.2 Å². The van der Waals surface area contributed by atoms with Crippen LogP contribution < -0.4 is 0 Å². The van der Waals surface area contributed by atoms with Gasteiger partial charge in [-0.1, -0.05) is 66.2 Å². The third-order valence-corrected chi connectivity index (χ3v) is 5.05. The first-order valence-electron chi connectivity index (χ1n) is 10.3. The molecule has 0 aromatic heterocycles. The Hall–Kier alpha value is -1.06. The van der Waals surface area contributed by atoms with Crippen molar-refractivity contribution in [2.75, 3.05) is 13.2 Å². The van der Waals surface area contributed by atoms with Crippen molar-refractivity contribution in [2.45, 2.75) is 105 Å². The Morgan fingerprint density at radius 1 is 0.640 bits per heavy atom. The maximum atomic E-state index is 11.9. The van der Waals surface area contributed by atoms with Crippen molar-refractivity contribution in [3.05, 3.63) is 0 Å². The fraction of sp³-hybridized carbons (Fsp3) is 0.905. The fourth-order valence-electron chi connectivity index (χ4n) is 2.70. The number of carbonyl (C=O) groups excluding carboxylic acids is 2. The molecular formula is C21H40O4. The van der Waals surface area contributed by atoms with E-state index in [4.69, 9.17) is 9.47 Å². The molecule has 0 spiro atoms. The molecular weight excluding hydrogens is 316 g/mol. The molecule has 0 fully saturated rings. The van der Waals surface area contributed by atoms with Gasteiger partial charge in [0.15, 0.2) is 0 Å². The lowest BCUT2D eigenvalue weighted by Gasteiger charge is -2.30. The van der Waals surface area contributed by atoms with E-state index in [1.165, 1.54) is 0 Å².